The fourth-order valence-electron chi connectivity index (χ4n) is 3.14. The first-order valence-corrected chi connectivity index (χ1v) is 8.40. The summed E-state index contributed by atoms with van der Waals surface area (Å²) >= 11 is 5.97. The van der Waals surface area contributed by atoms with E-state index in [0.717, 1.165) is 0 Å². The molecule has 1 fully saturated rings. The zero-order valence-corrected chi connectivity index (χ0v) is 14.6. The number of anilines is 1. The van der Waals surface area contributed by atoms with Crippen molar-refractivity contribution < 1.29 is 18.0 Å². The summed E-state index contributed by atoms with van der Waals surface area (Å²) in [6.45, 7) is 0. The molecule has 9 heteroatoms. The number of hydrogen-bond acceptors (Lipinski definition) is 4. The number of alkyl halides is 3. The van der Waals surface area contributed by atoms with Gasteiger partial charge in [0.2, 0.25) is 5.91 Å². The lowest BCUT2D eigenvalue weighted by atomic mass is 9.89. The van der Waals surface area contributed by atoms with Gasteiger partial charge in [-0.3, -0.25) is 15.1 Å². The molecule has 0 aliphatic carbocycles. The van der Waals surface area contributed by atoms with Crippen LogP contribution in [0.1, 0.15) is 23.5 Å². The Labute approximate surface area is 158 Å². The van der Waals surface area contributed by atoms with Crippen molar-refractivity contribution in [3.05, 3.63) is 58.9 Å². The van der Waals surface area contributed by atoms with Gasteiger partial charge in [-0.15, -0.1) is 0 Å². The van der Waals surface area contributed by atoms with Crippen molar-refractivity contribution in [3.63, 3.8) is 0 Å². The first-order chi connectivity index (χ1) is 12.8. The zero-order valence-electron chi connectivity index (χ0n) is 13.8. The normalized spacial score (nSPS) is 22.3. The number of carbonyl (C=O) groups is 1. The molecule has 5 nitrogen and oxygen atoms in total. The van der Waals surface area contributed by atoms with Crippen molar-refractivity contribution >= 4 is 23.2 Å². The SMILES string of the molecule is N#Cc1ccc(C2C[C@@H](C(=O)Nc3ccncc3)N[C@H]2C(F)(F)F)cc1Cl. The van der Waals surface area contributed by atoms with E-state index in [1.807, 2.05) is 6.07 Å². The first-order valence-electron chi connectivity index (χ1n) is 8.03. The van der Waals surface area contributed by atoms with Crippen LogP contribution in [0.15, 0.2) is 42.7 Å². The number of halogens is 4. The lowest BCUT2D eigenvalue weighted by Crippen LogP contribution is -2.46. The van der Waals surface area contributed by atoms with Gasteiger partial charge in [0.25, 0.3) is 0 Å². The summed E-state index contributed by atoms with van der Waals surface area (Å²) in [6.07, 6.45) is -1.66. The maximum absolute atomic E-state index is 13.5. The Hall–Kier alpha value is -2.63. The van der Waals surface area contributed by atoms with Crippen molar-refractivity contribution in [2.45, 2.75) is 30.6 Å². The summed E-state index contributed by atoms with van der Waals surface area (Å²) < 4.78 is 40.6. The minimum absolute atomic E-state index is 0.0523. The second-order valence-electron chi connectivity index (χ2n) is 6.16. The van der Waals surface area contributed by atoms with Crippen molar-refractivity contribution in [2.24, 2.45) is 0 Å². The summed E-state index contributed by atoms with van der Waals surface area (Å²) in [7, 11) is 0. The Morgan fingerprint density at radius 3 is 2.59 bits per heavy atom. The van der Waals surface area contributed by atoms with E-state index in [9.17, 15) is 18.0 Å². The Balaban J connectivity index is 1.84. The molecule has 1 aliphatic heterocycles. The lowest BCUT2D eigenvalue weighted by Gasteiger charge is -2.22. The van der Waals surface area contributed by atoms with E-state index < -0.39 is 30.1 Å². The zero-order chi connectivity index (χ0) is 19.6. The number of carbonyl (C=O) groups excluding carboxylic acids is 1. The van der Waals surface area contributed by atoms with Crippen LogP contribution in [0.3, 0.4) is 0 Å². The van der Waals surface area contributed by atoms with E-state index in [2.05, 4.69) is 15.6 Å². The van der Waals surface area contributed by atoms with Crippen molar-refractivity contribution in [1.82, 2.24) is 10.3 Å². The first kappa shape index (κ1) is 19.1. The van der Waals surface area contributed by atoms with Gasteiger partial charge in [-0.05, 0) is 36.2 Å². The number of pyridine rings is 1. The number of nitrogens with one attached hydrogen (secondary N) is 2. The molecule has 140 valence electrons. The molecule has 1 aliphatic rings. The minimum atomic E-state index is -4.54. The molecule has 27 heavy (non-hydrogen) atoms. The van der Waals surface area contributed by atoms with Crippen molar-refractivity contribution in [2.75, 3.05) is 5.32 Å². The quantitative estimate of drug-likeness (QED) is 0.833. The van der Waals surface area contributed by atoms with Gasteiger partial charge >= 0.3 is 6.18 Å². The summed E-state index contributed by atoms with van der Waals surface area (Å²) in [5.41, 5.74) is 0.958. The molecule has 3 atom stereocenters. The van der Waals surface area contributed by atoms with E-state index in [0.29, 0.717) is 11.3 Å². The fourth-order valence-corrected chi connectivity index (χ4v) is 3.37. The van der Waals surface area contributed by atoms with Crippen LogP contribution in [0.2, 0.25) is 5.02 Å². The van der Waals surface area contributed by atoms with Crippen molar-refractivity contribution in [1.29, 1.82) is 5.26 Å². The molecule has 2 N–H and O–H groups in total. The third-order valence-electron chi connectivity index (χ3n) is 4.43. The standard InChI is InChI=1S/C18H14ClF3N4O/c19-14-7-10(1-2-11(14)9-23)13-8-15(26-16(13)18(20,21)22)17(27)25-12-3-5-24-6-4-12/h1-7,13,15-16,26H,8H2,(H,24,25,27)/t13?,15-,16+/m0/s1. The maximum Gasteiger partial charge on any atom is 0.404 e. The van der Waals surface area contributed by atoms with Crippen LogP contribution < -0.4 is 10.6 Å². The van der Waals surface area contributed by atoms with Gasteiger partial charge in [0.1, 0.15) is 12.1 Å². The van der Waals surface area contributed by atoms with E-state index in [-0.39, 0.29) is 17.0 Å². The molecule has 0 radical (unpaired) electrons. The lowest BCUT2D eigenvalue weighted by molar-refractivity contribution is -0.156. The van der Waals surface area contributed by atoms with Crippen molar-refractivity contribution in [3.8, 4) is 6.07 Å². The predicted octanol–water partition coefficient (Wildman–Crippen LogP) is 3.62. The van der Waals surface area contributed by atoms with Gasteiger partial charge in [-0.1, -0.05) is 17.7 Å². The third kappa shape index (κ3) is 4.21. The minimum Gasteiger partial charge on any atom is -0.325 e. The number of hydrogen-bond donors (Lipinski definition) is 2. The fraction of sp³-hybridized carbons (Fsp3) is 0.278. The Morgan fingerprint density at radius 2 is 2.00 bits per heavy atom. The number of amides is 1. The molecule has 2 heterocycles. The topological polar surface area (TPSA) is 77.8 Å². The van der Waals surface area contributed by atoms with Gasteiger partial charge < -0.3 is 5.32 Å². The molecule has 3 rings (SSSR count). The van der Waals surface area contributed by atoms with Crippen LogP contribution in [0.4, 0.5) is 18.9 Å². The number of benzene rings is 1. The highest BCUT2D eigenvalue weighted by Gasteiger charge is 2.52. The van der Waals surface area contributed by atoms with E-state index in [1.54, 1.807) is 12.1 Å². The second-order valence-corrected chi connectivity index (χ2v) is 6.56. The molecule has 0 spiro atoms. The molecule has 0 saturated carbocycles. The molecule has 1 unspecified atom stereocenters. The maximum atomic E-state index is 13.5. The van der Waals surface area contributed by atoms with Crippen LogP contribution in [0.25, 0.3) is 0 Å². The monoisotopic (exact) mass is 394 g/mol. The second kappa shape index (κ2) is 7.55. The summed E-state index contributed by atoms with van der Waals surface area (Å²) in [5.74, 6) is -1.55. The smallest absolute Gasteiger partial charge is 0.325 e. The van der Waals surface area contributed by atoms with Gasteiger partial charge in [0, 0.05) is 24.0 Å². The number of nitriles is 1. The van der Waals surface area contributed by atoms with Crippen LogP contribution in [-0.2, 0) is 4.79 Å². The summed E-state index contributed by atoms with van der Waals surface area (Å²) in [4.78, 5) is 16.2. The average Bonchev–Trinajstić information content (AvgIpc) is 3.08. The number of aromatic nitrogens is 1. The van der Waals surface area contributed by atoms with E-state index >= 15 is 0 Å². The molecule has 1 aromatic heterocycles. The number of rotatable bonds is 3. The van der Waals surface area contributed by atoms with E-state index in [4.69, 9.17) is 16.9 Å². The largest absolute Gasteiger partial charge is 0.404 e. The average molecular weight is 395 g/mol. The molecule has 0 bridgehead atoms. The van der Waals surface area contributed by atoms with Gasteiger partial charge in [0.15, 0.2) is 0 Å². The van der Waals surface area contributed by atoms with Gasteiger partial charge in [0.05, 0.1) is 16.6 Å². The van der Waals surface area contributed by atoms with Crippen LogP contribution in [-0.4, -0.2) is 29.2 Å². The Kier molecular flexibility index (Phi) is 5.35. The molecular weight excluding hydrogens is 381 g/mol. The Morgan fingerprint density at radius 1 is 1.30 bits per heavy atom. The molecule has 2 aromatic rings. The summed E-state index contributed by atoms with van der Waals surface area (Å²) in [5, 5.41) is 14.0. The number of nitrogens with zero attached hydrogens (tertiary/aromatic N) is 2. The molecule has 1 amide bonds. The highest BCUT2D eigenvalue weighted by atomic mass is 35.5. The van der Waals surface area contributed by atoms with Gasteiger partial charge in [-0.2, -0.15) is 18.4 Å². The van der Waals surface area contributed by atoms with E-state index in [1.165, 1.54) is 30.6 Å². The van der Waals surface area contributed by atoms with Gasteiger partial charge in [-0.25, -0.2) is 0 Å². The van der Waals surface area contributed by atoms with Crippen LogP contribution >= 0.6 is 11.6 Å². The highest BCUT2D eigenvalue weighted by Crippen LogP contribution is 2.40. The predicted molar refractivity (Wildman–Crippen MR) is 93.2 cm³/mol. The Bertz CT molecular complexity index is 882. The highest BCUT2D eigenvalue weighted by molar-refractivity contribution is 6.31. The summed E-state index contributed by atoms with van der Waals surface area (Å²) in [6, 6.07) is 6.23. The van der Waals surface area contributed by atoms with Crippen LogP contribution in [0.5, 0.6) is 0 Å². The molecule has 1 aromatic carbocycles. The molecule has 1 saturated heterocycles. The third-order valence-corrected chi connectivity index (χ3v) is 4.74. The van der Waals surface area contributed by atoms with Crippen LogP contribution in [0, 0.1) is 11.3 Å². The molecular formula is C18H14ClF3N4O.